The second-order valence-corrected chi connectivity index (χ2v) is 14.0. The molecule has 0 N–H and O–H groups in total. The van der Waals surface area contributed by atoms with Gasteiger partial charge in [-0.3, -0.25) is 0 Å². The molecule has 254 valence electrons. The Kier molecular flexibility index (Phi) is 6.61. The molecule has 0 unspecified atom stereocenters. The van der Waals surface area contributed by atoms with Crippen LogP contribution in [0.4, 0.5) is 11.4 Å². The van der Waals surface area contributed by atoms with Gasteiger partial charge in [0.05, 0.1) is 46.2 Å². The van der Waals surface area contributed by atoms with Crippen LogP contribution in [0.5, 0.6) is 0 Å². The van der Waals surface area contributed by atoms with Gasteiger partial charge in [-0.25, -0.2) is 9.69 Å². The van der Waals surface area contributed by atoms with Gasteiger partial charge in [0.15, 0.2) is 11.4 Å². The largest absolute Gasteiger partial charge is 0.310 e. The number of hydrogen-bond acceptors (Lipinski definition) is 0. The van der Waals surface area contributed by atoms with Crippen molar-refractivity contribution in [1.29, 1.82) is 0 Å². The number of benzene rings is 8. The molecule has 0 radical (unpaired) electrons. The van der Waals surface area contributed by atoms with E-state index in [2.05, 4.69) is 157 Å². The maximum Gasteiger partial charge on any atom is 0.189 e. The van der Waals surface area contributed by atoms with E-state index in [1.807, 2.05) is 42.5 Å². The van der Waals surface area contributed by atoms with Gasteiger partial charge in [-0.2, -0.15) is 0 Å². The van der Waals surface area contributed by atoms with Crippen molar-refractivity contribution in [3.05, 3.63) is 199 Å². The van der Waals surface area contributed by atoms with Gasteiger partial charge < -0.3 is 13.7 Å². The van der Waals surface area contributed by atoms with Crippen molar-refractivity contribution in [2.75, 3.05) is 0 Å². The maximum atomic E-state index is 7.94. The second kappa shape index (κ2) is 11.8. The molecule has 0 aliphatic heterocycles. The summed E-state index contributed by atoms with van der Waals surface area (Å²) < 4.78 is 7.00. The van der Waals surface area contributed by atoms with Crippen molar-refractivity contribution >= 4 is 76.8 Å². The summed E-state index contributed by atoms with van der Waals surface area (Å²) in [6, 6.07) is 61.6. The van der Waals surface area contributed by atoms with Crippen LogP contribution < -0.4 is 0 Å². The van der Waals surface area contributed by atoms with Gasteiger partial charge >= 0.3 is 0 Å². The average Bonchev–Trinajstić information content (AvgIpc) is 3.88. The number of rotatable bonds is 4. The molecule has 3 aromatic heterocycles. The molecule has 0 aliphatic rings. The van der Waals surface area contributed by atoms with E-state index in [1.54, 1.807) is 0 Å². The van der Waals surface area contributed by atoms with Crippen LogP contribution in [0.15, 0.2) is 176 Å². The van der Waals surface area contributed by atoms with Crippen LogP contribution in [0, 0.1) is 13.1 Å². The minimum atomic E-state index is 0.568. The van der Waals surface area contributed by atoms with Crippen molar-refractivity contribution < 1.29 is 0 Å². The SMILES string of the molecule is [C-]#[N+]c1ccc(-c2cccc(-n3c4ccccc4c4ccc(-n5c6ccccc6c6ccccc65)cc43)c2)c(-n2c3ccccc3c3cc([N+]#[C-])ccc32)c1. The highest BCUT2D eigenvalue weighted by atomic mass is 15.0. The van der Waals surface area contributed by atoms with Gasteiger partial charge in [0.2, 0.25) is 0 Å². The molecule has 5 nitrogen and oxygen atoms in total. The van der Waals surface area contributed by atoms with Crippen LogP contribution in [0.25, 0.3) is 103 Å². The minimum Gasteiger partial charge on any atom is -0.310 e. The van der Waals surface area contributed by atoms with E-state index in [9.17, 15) is 0 Å². The Labute approximate surface area is 316 Å². The predicted octanol–water partition coefficient (Wildman–Crippen LogP) is 13.7. The molecule has 0 saturated heterocycles. The summed E-state index contributed by atoms with van der Waals surface area (Å²) in [7, 11) is 0. The monoisotopic (exact) mass is 699 g/mol. The molecule has 5 heteroatoms. The van der Waals surface area contributed by atoms with Crippen LogP contribution in [-0.2, 0) is 0 Å². The van der Waals surface area contributed by atoms with E-state index in [0.29, 0.717) is 11.4 Å². The zero-order valence-electron chi connectivity index (χ0n) is 29.5. The topological polar surface area (TPSA) is 23.5 Å². The maximum absolute atomic E-state index is 7.94. The van der Waals surface area contributed by atoms with Crippen LogP contribution in [-0.4, -0.2) is 13.7 Å². The third kappa shape index (κ3) is 4.51. The standard InChI is InChI=1S/C50H29N5/c1-51-33-23-27-48-43(29-33)41-17-6-10-21-47(41)55(48)49-30-34(52-2)22-25-37(49)32-12-11-13-35(28-32)54-46-20-9-5-16-40(46)42-26-24-36(31-50(42)54)53-44-18-7-3-14-38(44)39-15-4-8-19-45(39)53/h3-31H. The molecule has 0 bridgehead atoms. The molecule has 0 spiro atoms. The fourth-order valence-electron chi connectivity index (χ4n) is 8.70. The molecule has 3 heterocycles. The summed E-state index contributed by atoms with van der Waals surface area (Å²) in [5, 5.41) is 6.95. The predicted molar refractivity (Wildman–Crippen MR) is 227 cm³/mol. The van der Waals surface area contributed by atoms with Gasteiger partial charge in [-0.15, -0.1) is 0 Å². The van der Waals surface area contributed by atoms with Gasteiger partial charge in [-0.1, -0.05) is 109 Å². The lowest BCUT2D eigenvalue weighted by atomic mass is 10.0. The number of para-hydroxylation sites is 4. The Morgan fingerprint density at radius 1 is 0.327 bits per heavy atom. The molecule has 8 aromatic carbocycles. The van der Waals surface area contributed by atoms with Crippen LogP contribution in [0.3, 0.4) is 0 Å². The summed E-state index contributed by atoms with van der Waals surface area (Å²) in [4.78, 5) is 7.57. The summed E-state index contributed by atoms with van der Waals surface area (Å²) in [5.41, 5.74) is 12.9. The van der Waals surface area contributed by atoms with E-state index < -0.39 is 0 Å². The normalized spacial score (nSPS) is 11.6. The fourth-order valence-corrected chi connectivity index (χ4v) is 8.70. The lowest BCUT2D eigenvalue weighted by molar-refractivity contribution is 1.15. The highest BCUT2D eigenvalue weighted by molar-refractivity contribution is 6.13. The third-order valence-corrected chi connectivity index (χ3v) is 11.0. The first kappa shape index (κ1) is 30.7. The van der Waals surface area contributed by atoms with E-state index in [4.69, 9.17) is 13.1 Å². The zero-order chi connectivity index (χ0) is 36.6. The van der Waals surface area contributed by atoms with E-state index in [-0.39, 0.29) is 0 Å². The Bertz CT molecular complexity index is 3420. The molecular formula is C50H29N5. The molecule has 0 amide bonds. The van der Waals surface area contributed by atoms with Gasteiger partial charge in [0, 0.05) is 49.6 Å². The number of hydrogen-bond donors (Lipinski definition) is 0. The Hall–Kier alpha value is -7.86. The first-order valence-corrected chi connectivity index (χ1v) is 18.3. The summed E-state index contributed by atoms with van der Waals surface area (Å²) in [6.45, 7) is 15.6. The Morgan fingerprint density at radius 3 is 1.45 bits per heavy atom. The van der Waals surface area contributed by atoms with E-state index in [0.717, 1.165) is 61.0 Å². The first-order valence-electron chi connectivity index (χ1n) is 18.3. The fraction of sp³-hybridized carbons (Fsp3) is 0. The van der Waals surface area contributed by atoms with Crippen molar-refractivity contribution in [3.8, 4) is 28.2 Å². The molecule has 0 saturated carbocycles. The molecule has 11 aromatic rings. The summed E-state index contributed by atoms with van der Waals surface area (Å²) in [5.74, 6) is 0. The number of nitrogens with zero attached hydrogens (tertiary/aromatic N) is 5. The summed E-state index contributed by atoms with van der Waals surface area (Å²) >= 11 is 0. The number of aromatic nitrogens is 3. The quantitative estimate of drug-likeness (QED) is 0.163. The van der Waals surface area contributed by atoms with E-state index in [1.165, 1.54) is 32.6 Å². The lowest BCUT2D eigenvalue weighted by Gasteiger charge is -2.16. The molecule has 11 rings (SSSR count). The smallest absolute Gasteiger partial charge is 0.189 e. The van der Waals surface area contributed by atoms with Crippen molar-refractivity contribution in [3.63, 3.8) is 0 Å². The number of fused-ring (bicyclic) bond motifs is 9. The molecule has 0 aliphatic carbocycles. The van der Waals surface area contributed by atoms with Crippen LogP contribution >= 0.6 is 0 Å². The van der Waals surface area contributed by atoms with Crippen LogP contribution in [0.2, 0.25) is 0 Å². The summed E-state index contributed by atoms with van der Waals surface area (Å²) in [6.07, 6.45) is 0. The zero-order valence-corrected chi connectivity index (χ0v) is 29.5. The highest BCUT2D eigenvalue weighted by Crippen LogP contribution is 2.41. The van der Waals surface area contributed by atoms with Gasteiger partial charge in [-0.05, 0) is 77.7 Å². The van der Waals surface area contributed by atoms with Crippen molar-refractivity contribution in [1.82, 2.24) is 13.7 Å². The van der Waals surface area contributed by atoms with Crippen molar-refractivity contribution in [2.24, 2.45) is 0 Å². The third-order valence-electron chi connectivity index (χ3n) is 11.0. The van der Waals surface area contributed by atoms with Crippen LogP contribution in [0.1, 0.15) is 0 Å². The molecular weight excluding hydrogens is 671 g/mol. The minimum absolute atomic E-state index is 0.568. The molecule has 0 fully saturated rings. The second-order valence-electron chi connectivity index (χ2n) is 14.0. The average molecular weight is 700 g/mol. The molecule has 55 heavy (non-hydrogen) atoms. The highest BCUT2D eigenvalue weighted by Gasteiger charge is 2.19. The lowest BCUT2D eigenvalue weighted by Crippen LogP contribution is -1.99. The molecule has 0 atom stereocenters. The van der Waals surface area contributed by atoms with Gasteiger partial charge in [0.25, 0.3) is 0 Å². The van der Waals surface area contributed by atoms with Crippen molar-refractivity contribution in [2.45, 2.75) is 0 Å². The Balaban J connectivity index is 1.15. The Morgan fingerprint density at radius 2 is 0.818 bits per heavy atom. The van der Waals surface area contributed by atoms with E-state index >= 15 is 0 Å². The first-order chi connectivity index (χ1) is 27.2. The van der Waals surface area contributed by atoms with Gasteiger partial charge in [0.1, 0.15) is 0 Å².